The summed E-state index contributed by atoms with van der Waals surface area (Å²) < 4.78 is 5.78. The lowest BCUT2D eigenvalue weighted by molar-refractivity contribution is -0.138. The van der Waals surface area contributed by atoms with Crippen molar-refractivity contribution in [2.24, 2.45) is 5.41 Å². The lowest BCUT2D eigenvalue weighted by atomic mass is 10.0. The first-order valence-corrected chi connectivity index (χ1v) is 5.93. The minimum atomic E-state index is -0.730. The number of hydrogen-bond donors (Lipinski definition) is 1. The summed E-state index contributed by atoms with van der Waals surface area (Å²) in [6.45, 7) is 4.55. The molecule has 0 saturated heterocycles. The van der Waals surface area contributed by atoms with Gasteiger partial charge in [0.05, 0.1) is 13.0 Å². The number of aliphatic carboxylic acids is 1. The zero-order chi connectivity index (χ0) is 12.5. The molecule has 0 atom stereocenters. The Kier molecular flexibility index (Phi) is 3.09. The number of rotatable bonds is 5. The van der Waals surface area contributed by atoms with Gasteiger partial charge in [-0.2, -0.15) is 0 Å². The highest BCUT2D eigenvalue weighted by Crippen LogP contribution is 2.49. The van der Waals surface area contributed by atoms with Crippen molar-refractivity contribution in [2.45, 2.75) is 33.1 Å². The van der Waals surface area contributed by atoms with Gasteiger partial charge in [0.15, 0.2) is 0 Å². The van der Waals surface area contributed by atoms with E-state index in [1.165, 1.54) is 0 Å². The zero-order valence-electron chi connectivity index (χ0n) is 10.3. The molecule has 2 rings (SSSR count). The molecule has 0 radical (unpaired) electrons. The summed E-state index contributed by atoms with van der Waals surface area (Å²) in [5.41, 5.74) is 2.15. The Morgan fingerprint density at radius 1 is 1.41 bits per heavy atom. The Balaban J connectivity index is 1.98. The summed E-state index contributed by atoms with van der Waals surface area (Å²) >= 11 is 0. The maximum atomic E-state index is 10.7. The van der Waals surface area contributed by atoms with Crippen LogP contribution in [0.25, 0.3) is 0 Å². The molecule has 0 unspecified atom stereocenters. The third-order valence-corrected chi connectivity index (χ3v) is 3.36. The van der Waals surface area contributed by atoms with E-state index < -0.39 is 5.97 Å². The van der Waals surface area contributed by atoms with E-state index in [1.54, 1.807) is 0 Å². The van der Waals surface area contributed by atoms with Crippen LogP contribution >= 0.6 is 0 Å². The Labute approximate surface area is 101 Å². The molecule has 0 aromatic heterocycles. The number of benzene rings is 1. The molecular formula is C14H18O3. The predicted octanol–water partition coefficient (Wildman–Crippen LogP) is 2.94. The maximum absolute atomic E-state index is 10.7. The number of carboxylic acids is 1. The van der Waals surface area contributed by atoms with Gasteiger partial charge in [0.1, 0.15) is 5.75 Å². The molecule has 1 N–H and O–H groups in total. The van der Waals surface area contributed by atoms with Crippen LogP contribution < -0.4 is 4.74 Å². The third kappa shape index (κ3) is 2.99. The fourth-order valence-corrected chi connectivity index (χ4v) is 1.96. The van der Waals surface area contributed by atoms with Crippen molar-refractivity contribution in [3.63, 3.8) is 0 Å². The Morgan fingerprint density at radius 2 is 2.12 bits per heavy atom. The summed E-state index contributed by atoms with van der Waals surface area (Å²) in [6, 6.07) is 6.08. The lowest BCUT2D eigenvalue weighted by Gasteiger charge is -2.15. The number of hydrogen-bond acceptors (Lipinski definition) is 2. The molecule has 3 heteroatoms. The van der Waals surface area contributed by atoms with Crippen molar-refractivity contribution in [2.75, 3.05) is 6.61 Å². The molecule has 17 heavy (non-hydrogen) atoms. The summed E-state index contributed by atoms with van der Waals surface area (Å²) in [6.07, 6.45) is 2.15. The topological polar surface area (TPSA) is 46.5 Å². The lowest BCUT2D eigenvalue weighted by Crippen LogP contribution is -2.17. The van der Waals surface area contributed by atoms with Gasteiger partial charge < -0.3 is 9.84 Å². The van der Waals surface area contributed by atoms with Gasteiger partial charge in [-0.1, -0.05) is 12.1 Å². The molecular weight excluding hydrogens is 216 g/mol. The van der Waals surface area contributed by atoms with Crippen molar-refractivity contribution >= 4 is 5.97 Å². The van der Waals surface area contributed by atoms with Crippen LogP contribution in [0, 0.1) is 19.3 Å². The van der Waals surface area contributed by atoms with E-state index in [2.05, 4.69) is 0 Å². The van der Waals surface area contributed by atoms with E-state index in [4.69, 9.17) is 9.84 Å². The van der Waals surface area contributed by atoms with Crippen LogP contribution in [0.5, 0.6) is 5.75 Å². The molecule has 0 bridgehead atoms. The van der Waals surface area contributed by atoms with E-state index in [0.717, 1.165) is 29.7 Å². The molecule has 1 aliphatic carbocycles. The number of carbonyl (C=O) groups is 1. The van der Waals surface area contributed by atoms with Gasteiger partial charge >= 0.3 is 5.97 Å². The van der Waals surface area contributed by atoms with Crippen molar-refractivity contribution < 1.29 is 14.6 Å². The van der Waals surface area contributed by atoms with Gasteiger partial charge in [-0.3, -0.25) is 4.79 Å². The van der Waals surface area contributed by atoms with Crippen molar-refractivity contribution in [3.8, 4) is 5.75 Å². The van der Waals surface area contributed by atoms with Crippen LogP contribution in [-0.4, -0.2) is 17.7 Å². The molecule has 1 aromatic carbocycles. The SMILES string of the molecule is Cc1ccc(C)c(OCC2(CC(=O)O)CC2)c1. The fraction of sp³-hybridized carbons (Fsp3) is 0.500. The van der Waals surface area contributed by atoms with Crippen LogP contribution in [0.1, 0.15) is 30.4 Å². The summed E-state index contributed by atoms with van der Waals surface area (Å²) in [5, 5.41) is 8.83. The minimum absolute atomic E-state index is 0.109. The summed E-state index contributed by atoms with van der Waals surface area (Å²) in [4.78, 5) is 10.7. The molecule has 0 amide bonds. The van der Waals surface area contributed by atoms with E-state index >= 15 is 0 Å². The van der Waals surface area contributed by atoms with Crippen molar-refractivity contribution in [1.29, 1.82) is 0 Å². The second kappa shape index (κ2) is 4.40. The highest BCUT2D eigenvalue weighted by Gasteiger charge is 2.45. The van der Waals surface area contributed by atoms with Crippen LogP contribution in [0.15, 0.2) is 18.2 Å². The Bertz CT molecular complexity index is 433. The first-order chi connectivity index (χ1) is 8.01. The van der Waals surface area contributed by atoms with E-state index in [1.807, 2.05) is 32.0 Å². The molecule has 1 fully saturated rings. The summed E-state index contributed by atoms with van der Waals surface area (Å²) in [7, 11) is 0. The predicted molar refractivity (Wildman–Crippen MR) is 65.3 cm³/mol. The average molecular weight is 234 g/mol. The Hall–Kier alpha value is -1.51. The smallest absolute Gasteiger partial charge is 0.304 e. The Morgan fingerprint density at radius 3 is 2.71 bits per heavy atom. The van der Waals surface area contributed by atoms with E-state index in [0.29, 0.717) is 6.61 Å². The molecule has 1 aliphatic rings. The molecule has 1 saturated carbocycles. The minimum Gasteiger partial charge on any atom is -0.493 e. The van der Waals surface area contributed by atoms with Gasteiger partial charge in [-0.05, 0) is 43.9 Å². The largest absolute Gasteiger partial charge is 0.493 e. The third-order valence-electron chi connectivity index (χ3n) is 3.36. The van der Waals surface area contributed by atoms with Crippen LogP contribution in [0.4, 0.5) is 0 Å². The van der Waals surface area contributed by atoms with E-state index in [9.17, 15) is 4.79 Å². The molecule has 1 aromatic rings. The molecule has 0 aliphatic heterocycles. The van der Waals surface area contributed by atoms with Crippen molar-refractivity contribution in [1.82, 2.24) is 0 Å². The highest BCUT2D eigenvalue weighted by molar-refractivity contribution is 5.68. The average Bonchev–Trinajstić information content (AvgIpc) is 2.99. The monoisotopic (exact) mass is 234 g/mol. The van der Waals surface area contributed by atoms with Gasteiger partial charge in [0.25, 0.3) is 0 Å². The summed E-state index contributed by atoms with van der Waals surface area (Å²) in [5.74, 6) is 0.147. The van der Waals surface area contributed by atoms with Crippen LogP contribution in [-0.2, 0) is 4.79 Å². The first-order valence-electron chi connectivity index (χ1n) is 5.93. The van der Waals surface area contributed by atoms with Crippen molar-refractivity contribution in [3.05, 3.63) is 29.3 Å². The van der Waals surface area contributed by atoms with Gasteiger partial charge in [0, 0.05) is 5.41 Å². The zero-order valence-corrected chi connectivity index (χ0v) is 10.3. The second-order valence-electron chi connectivity index (χ2n) is 5.13. The van der Waals surface area contributed by atoms with Crippen LogP contribution in [0.3, 0.4) is 0 Å². The number of aryl methyl sites for hydroxylation is 2. The standard InChI is InChI=1S/C14H18O3/c1-10-3-4-11(2)12(7-10)17-9-14(5-6-14)8-13(15)16/h3-4,7H,5-6,8-9H2,1-2H3,(H,15,16). The normalized spacial score (nSPS) is 16.6. The molecule has 92 valence electrons. The highest BCUT2D eigenvalue weighted by atomic mass is 16.5. The number of ether oxygens (including phenoxy) is 1. The first kappa shape index (κ1) is 12.0. The van der Waals surface area contributed by atoms with Gasteiger partial charge in [0.2, 0.25) is 0 Å². The van der Waals surface area contributed by atoms with Gasteiger partial charge in [-0.15, -0.1) is 0 Å². The maximum Gasteiger partial charge on any atom is 0.304 e. The number of carboxylic acid groups (broad SMARTS) is 1. The van der Waals surface area contributed by atoms with Gasteiger partial charge in [-0.25, -0.2) is 0 Å². The molecule has 0 spiro atoms. The fourth-order valence-electron chi connectivity index (χ4n) is 1.96. The quantitative estimate of drug-likeness (QED) is 0.852. The second-order valence-corrected chi connectivity index (χ2v) is 5.13. The molecule has 0 heterocycles. The van der Waals surface area contributed by atoms with E-state index in [-0.39, 0.29) is 11.8 Å². The molecule has 3 nitrogen and oxygen atoms in total. The van der Waals surface area contributed by atoms with Crippen LogP contribution in [0.2, 0.25) is 0 Å².